The lowest BCUT2D eigenvalue weighted by Gasteiger charge is -2.17. The third-order valence-corrected chi connectivity index (χ3v) is 5.80. The van der Waals surface area contributed by atoms with Crippen molar-refractivity contribution in [2.75, 3.05) is 12.5 Å². The zero-order valence-electron chi connectivity index (χ0n) is 14.8. The molecule has 4 heteroatoms. The number of rotatable bonds is 4. The largest absolute Gasteiger partial charge is 0.426 e. The van der Waals surface area contributed by atoms with Gasteiger partial charge in [-0.1, -0.05) is 30.3 Å². The van der Waals surface area contributed by atoms with E-state index < -0.39 is 0 Å². The minimum atomic E-state index is -0.298. The lowest BCUT2D eigenvalue weighted by Crippen LogP contribution is -2.03. The molecule has 0 saturated carbocycles. The summed E-state index contributed by atoms with van der Waals surface area (Å²) in [4.78, 5) is 14.0. The van der Waals surface area contributed by atoms with Gasteiger partial charge in [-0.3, -0.25) is 4.79 Å². The van der Waals surface area contributed by atoms with Crippen molar-refractivity contribution < 1.29 is 9.53 Å². The lowest BCUT2D eigenvalue weighted by atomic mass is 9.93. The Bertz CT molecular complexity index is 934. The predicted molar refractivity (Wildman–Crippen MR) is 109 cm³/mol. The van der Waals surface area contributed by atoms with E-state index in [1.807, 2.05) is 24.3 Å². The fourth-order valence-corrected chi connectivity index (χ4v) is 4.57. The van der Waals surface area contributed by atoms with Crippen LogP contribution in [0, 0.1) is 6.92 Å². The van der Waals surface area contributed by atoms with Crippen LogP contribution in [-0.2, 0) is 4.79 Å². The number of carbonyl (C=O) groups is 1. The van der Waals surface area contributed by atoms with Crippen LogP contribution < -0.4 is 4.74 Å². The van der Waals surface area contributed by atoms with Gasteiger partial charge in [0.1, 0.15) is 5.75 Å². The van der Waals surface area contributed by atoms with Gasteiger partial charge >= 0.3 is 5.97 Å². The van der Waals surface area contributed by atoms with Crippen molar-refractivity contribution in [2.45, 2.75) is 23.6 Å². The second kappa shape index (κ2) is 7.54. The first-order chi connectivity index (χ1) is 12.0. The number of thioether (sulfide) groups is 2. The van der Waals surface area contributed by atoms with Crippen LogP contribution in [0.2, 0.25) is 0 Å². The molecule has 25 heavy (non-hydrogen) atoms. The fourth-order valence-electron chi connectivity index (χ4n) is 3.08. The maximum atomic E-state index is 11.6. The van der Waals surface area contributed by atoms with E-state index in [-0.39, 0.29) is 5.97 Å². The number of esters is 1. The van der Waals surface area contributed by atoms with E-state index in [1.54, 1.807) is 23.5 Å². The predicted octanol–water partition coefficient (Wildman–Crippen LogP) is 6.18. The molecular formula is C21H20O2S2. The van der Waals surface area contributed by atoms with Gasteiger partial charge in [-0.05, 0) is 59.7 Å². The standard InChI is InChI=1S/C21H20O2S2/c1-13-10-18(23-14(2)22)16-11-19(24-3)20(25-4)12-17(16)21(13)15-8-6-5-7-9-15/h5-12H,1-4H3. The third kappa shape index (κ3) is 3.55. The molecular weight excluding hydrogens is 348 g/mol. The Morgan fingerprint density at radius 1 is 0.920 bits per heavy atom. The van der Waals surface area contributed by atoms with Gasteiger partial charge in [-0.15, -0.1) is 23.5 Å². The summed E-state index contributed by atoms with van der Waals surface area (Å²) in [6.45, 7) is 3.51. The molecule has 0 radical (unpaired) electrons. The van der Waals surface area contributed by atoms with E-state index in [2.05, 4.69) is 43.7 Å². The van der Waals surface area contributed by atoms with Crippen LogP contribution in [0.1, 0.15) is 12.5 Å². The van der Waals surface area contributed by atoms with E-state index in [9.17, 15) is 4.79 Å². The smallest absolute Gasteiger partial charge is 0.308 e. The van der Waals surface area contributed by atoms with Crippen LogP contribution >= 0.6 is 23.5 Å². The molecule has 0 atom stereocenters. The highest BCUT2D eigenvalue weighted by atomic mass is 32.2. The number of hydrogen-bond donors (Lipinski definition) is 0. The molecule has 128 valence electrons. The highest BCUT2D eigenvalue weighted by Gasteiger charge is 2.16. The number of carbonyl (C=O) groups excluding carboxylic acids is 1. The quantitative estimate of drug-likeness (QED) is 0.312. The minimum Gasteiger partial charge on any atom is -0.426 e. The van der Waals surface area contributed by atoms with Gasteiger partial charge in [-0.25, -0.2) is 0 Å². The summed E-state index contributed by atoms with van der Waals surface area (Å²) in [5, 5.41) is 2.09. The van der Waals surface area contributed by atoms with Crippen LogP contribution in [0.4, 0.5) is 0 Å². The molecule has 0 aliphatic rings. The summed E-state index contributed by atoms with van der Waals surface area (Å²) < 4.78 is 5.52. The Morgan fingerprint density at radius 2 is 1.52 bits per heavy atom. The van der Waals surface area contributed by atoms with Gasteiger partial charge in [0.15, 0.2) is 0 Å². The first-order valence-electron chi connectivity index (χ1n) is 7.98. The Hall–Kier alpha value is -1.91. The van der Waals surface area contributed by atoms with E-state index >= 15 is 0 Å². The van der Waals surface area contributed by atoms with Crippen molar-refractivity contribution >= 4 is 40.3 Å². The number of hydrogen-bond acceptors (Lipinski definition) is 4. The van der Waals surface area contributed by atoms with Gasteiger partial charge in [0, 0.05) is 22.1 Å². The van der Waals surface area contributed by atoms with E-state index in [0.29, 0.717) is 5.75 Å². The SMILES string of the molecule is CSc1cc2c(OC(C)=O)cc(C)c(-c3ccccc3)c2cc1SC. The highest BCUT2D eigenvalue weighted by molar-refractivity contribution is 8.01. The van der Waals surface area contributed by atoms with Crippen LogP contribution in [0.3, 0.4) is 0 Å². The van der Waals surface area contributed by atoms with Crippen molar-refractivity contribution in [3.63, 3.8) is 0 Å². The van der Waals surface area contributed by atoms with Crippen LogP contribution in [0.15, 0.2) is 58.3 Å². The molecule has 3 aromatic carbocycles. The van der Waals surface area contributed by atoms with E-state index in [1.165, 1.54) is 27.8 Å². The van der Waals surface area contributed by atoms with Gasteiger partial charge in [0.25, 0.3) is 0 Å². The lowest BCUT2D eigenvalue weighted by molar-refractivity contribution is -0.131. The Balaban J connectivity index is 2.40. The van der Waals surface area contributed by atoms with E-state index in [4.69, 9.17) is 4.74 Å². The molecule has 0 heterocycles. The summed E-state index contributed by atoms with van der Waals surface area (Å²) in [6.07, 6.45) is 4.16. The van der Waals surface area contributed by atoms with Crippen molar-refractivity contribution in [3.05, 3.63) is 54.1 Å². The molecule has 0 bridgehead atoms. The molecule has 3 rings (SSSR count). The summed E-state index contributed by atoms with van der Waals surface area (Å²) in [5.41, 5.74) is 3.46. The molecule has 0 spiro atoms. The summed E-state index contributed by atoms with van der Waals surface area (Å²) >= 11 is 3.44. The fraction of sp³-hybridized carbons (Fsp3) is 0.190. The van der Waals surface area contributed by atoms with E-state index in [0.717, 1.165) is 16.3 Å². The average molecular weight is 369 g/mol. The molecule has 0 amide bonds. The zero-order valence-corrected chi connectivity index (χ0v) is 16.4. The number of aryl methyl sites for hydroxylation is 1. The maximum absolute atomic E-state index is 11.6. The molecule has 0 aromatic heterocycles. The van der Waals surface area contributed by atoms with Crippen molar-refractivity contribution in [2.24, 2.45) is 0 Å². The van der Waals surface area contributed by atoms with Crippen LogP contribution in [0.25, 0.3) is 21.9 Å². The van der Waals surface area contributed by atoms with Gasteiger partial charge in [0.05, 0.1) is 0 Å². The Labute approximate surface area is 157 Å². The molecule has 3 aromatic rings. The first-order valence-corrected chi connectivity index (χ1v) is 10.4. The summed E-state index contributed by atoms with van der Waals surface area (Å²) in [6, 6.07) is 16.7. The van der Waals surface area contributed by atoms with Crippen molar-refractivity contribution in [3.8, 4) is 16.9 Å². The van der Waals surface area contributed by atoms with Gasteiger partial charge in [0.2, 0.25) is 0 Å². The van der Waals surface area contributed by atoms with Crippen molar-refractivity contribution in [1.29, 1.82) is 0 Å². The Morgan fingerprint density at radius 3 is 2.08 bits per heavy atom. The normalized spacial score (nSPS) is 10.9. The molecule has 0 fully saturated rings. The number of ether oxygens (including phenoxy) is 1. The molecule has 0 saturated heterocycles. The molecule has 0 N–H and O–H groups in total. The zero-order chi connectivity index (χ0) is 18.0. The molecule has 2 nitrogen and oxygen atoms in total. The van der Waals surface area contributed by atoms with Gasteiger partial charge in [-0.2, -0.15) is 0 Å². The summed E-state index contributed by atoms with van der Waals surface area (Å²) in [7, 11) is 0. The molecule has 0 unspecified atom stereocenters. The first kappa shape index (κ1) is 17.9. The number of fused-ring (bicyclic) bond motifs is 1. The molecule has 0 aliphatic heterocycles. The molecule has 0 aliphatic carbocycles. The number of benzene rings is 3. The third-order valence-electron chi connectivity index (χ3n) is 4.12. The Kier molecular flexibility index (Phi) is 5.40. The van der Waals surface area contributed by atoms with Crippen LogP contribution in [-0.4, -0.2) is 18.5 Å². The summed E-state index contributed by atoms with van der Waals surface area (Å²) in [5.74, 6) is 0.329. The maximum Gasteiger partial charge on any atom is 0.308 e. The monoisotopic (exact) mass is 368 g/mol. The van der Waals surface area contributed by atoms with Crippen molar-refractivity contribution in [1.82, 2.24) is 0 Å². The minimum absolute atomic E-state index is 0.298. The highest BCUT2D eigenvalue weighted by Crippen LogP contribution is 2.42. The van der Waals surface area contributed by atoms with Gasteiger partial charge < -0.3 is 4.74 Å². The van der Waals surface area contributed by atoms with Crippen LogP contribution in [0.5, 0.6) is 5.75 Å². The topological polar surface area (TPSA) is 26.3 Å². The average Bonchev–Trinajstić information content (AvgIpc) is 2.61. The second-order valence-corrected chi connectivity index (χ2v) is 7.48. The second-order valence-electron chi connectivity index (χ2n) is 5.78.